The second-order valence-corrected chi connectivity index (χ2v) is 22.0. The molecule has 0 amide bonds. The van der Waals surface area contributed by atoms with Crippen LogP contribution in [-0.4, -0.2) is 37.2 Å². The molecule has 0 radical (unpaired) electrons. The van der Waals surface area contributed by atoms with Crippen molar-refractivity contribution in [3.63, 3.8) is 0 Å². The molecule has 0 fully saturated rings. The Bertz CT molecular complexity index is 1720. The molecule has 0 aromatic rings. The highest BCUT2D eigenvalue weighted by atomic mass is 16.6. The highest BCUT2D eigenvalue weighted by Gasteiger charge is 2.19. The Morgan fingerprint density at radius 3 is 0.827 bits per heavy atom. The van der Waals surface area contributed by atoms with Crippen LogP contribution >= 0.6 is 0 Å². The van der Waals surface area contributed by atoms with E-state index >= 15 is 0 Å². The number of allylic oxidation sites excluding steroid dienone is 22. The molecule has 460 valence electrons. The number of unbranched alkanes of at least 4 members (excludes halogenated alkanes) is 27. The molecular formula is C75H124O6. The Morgan fingerprint density at radius 1 is 0.259 bits per heavy atom. The van der Waals surface area contributed by atoms with E-state index in [1.54, 1.807) is 0 Å². The molecule has 0 aliphatic carbocycles. The molecule has 0 aliphatic rings. The van der Waals surface area contributed by atoms with E-state index in [2.05, 4.69) is 148 Å². The van der Waals surface area contributed by atoms with Crippen molar-refractivity contribution in [2.24, 2.45) is 0 Å². The average Bonchev–Trinajstić information content (AvgIpc) is 3.46. The summed E-state index contributed by atoms with van der Waals surface area (Å²) >= 11 is 0. The number of rotatable bonds is 60. The minimum Gasteiger partial charge on any atom is -0.462 e. The molecule has 0 rings (SSSR count). The molecular weight excluding hydrogens is 997 g/mol. The number of esters is 3. The minimum atomic E-state index is -0.813. The van der Waals surface area contributed by atoms with Gasteiger partial charge in [0, 0.05) is 19.3 Å². The quantitative estimate of drug-likeness (QED) is 0.0261. The van der Waals surface area contributed by atoms with Crippen molar-refractivity contribution in [1.82, 2.24) is 0 Å². The van der Waals surface area contributed by atoms with E-state index in [0.717, 1.165) is 116 Å². The fraction of sp³-hybridized carbons (Fsp3) is 0.667. The first-order valence-corrected chi connectivity index (χ1v) is 33.7. The molecule has 0 aliphatic heterocycles. The fourth-order valence-corrected chi connectivity index (χ4v) is 9.20. The third-order valence-corrected chi connectivity index (χ3v) is 14.2. The first kappa shape index (κ1) is 76.5. The average molecular weight is 1120 g/mol. The van der Waals surface area contributed by atoms with Crippen LogP contribution in [0.3, 0.4) is 0 Å². The number of hydrogen-bond donors (Lipinski definition) is 0. The summed E-state index contributed by atoms with van der Waals surface area (Å²) < 4.78 is 16.9. The van der Waals surface area contributed by atoms with Gasteiger partial charge < -0.3 is 14.2 Å². The molecule has 0 spiro atoms. The Hall–Kier alpha value is -4.45. The molecule has 0 heterocycles. The van der Waals surface area contributed by atoms with E-state index in [0.29, 0.717) is 19.3 Å². The van der Waals surface area contributed by atoms with Crippen molar-refractivity contribution in [1.29, 1.82) is 0 Å². The molecule has 0 N–H and O–H groups in total. The lowest BCUT2D eigenvalue weighted by molar-refractivity contribution is -0.166. The predicted molar refractivity (Wildman–Crippen MR) is 353 cm³/mol. The monoisotopic (exact) mass is 1120 g/mol. The summed E-state index contributed by atoms with van der Waals surface area (Å²) in [5, 5.41) is 0. The molecule has 1 unspecified atom stereocenters. The number of ether oxygens (including phenoxy) is 3. The van der Waals surface area contributed by atoms with Gasteiger partial charge in [0.25, 0.3) is 0 Å². The first-order chi connectivity index (χ1) is 40.0. The van der Waals surface area contributed by atoms with Gasteiger partial charge >= 0.3 is 17.9 Å². The molecule has 81 heavy (non-hydrogen) atoms. The van der Waals surface area contributed by atoms with Crippen LogP contribution < -0.4 is 0 Å². The highest BCUT2D eigenvalue weighted by molar-refractivity contribution is 5.71. The third kappa shape index (κ3) is 66.2. The Balaban J connectivity index is 4.32. The van der Waals surface area contributed by atoms with E-state index in [-0.39, 0.29) is 37.5 Å². The van der Waals surface area contributed by atoms with Crippen molar-refractivity contribution in [2.45, 2.75) is 309 Å². The summed E-state index contributed by atoms with van der Waals surface area (Å²) in [6.45, 7) is 6.37. The van der Waals surface area contributed by atoms with Crippen LogP contribution in [0.1, 0.15) is 303 Å². The van der Waals surface area contributed by atoms with E-state index in [1.165, 1.54) is 141 Å². The van der Waals surface area contributed by atoms with Gasteiger partial charge in [-0.15, -0.1) is 0 Å². The minimum absolute atomic E-state index is 0.104. The van der Waals surface area contributed by atoms with Crippen molar-refractivity contribution >= 4 is 17.9 Å². The Morgan fingerprint density at radius 2 is 0.506 bits per heavy atom. The zero-order chi connectivity index (χ0) is 58.5. The fourth-order valence-electron chi connectivity index (χ4n) is 9.20. The summed E-state index contributed by atoms with van der Waals surface area (Å²) in [6, 6.07) is 0. The van der Waals surface area contributed by atoms with Gasteiger partial charge in [-0.25, -0.2) is 0 Å². The molecule has 1 atom stereocenters. The van der Waals surface area contributed by atoms with Gasteiger partial charge in [-0.1, -0.05) is 315 Å². The zero-order valence-electron chi connectivity index (χ0n) is 52.8. The van der Waals surface area contributed by atoms with Gasteiger partial charge in [0.1, 0.15) is 13.2 Å². The maximum Gasteiger partial charge on any atom is 0.306 e. The lowest BCUT2D eigenvalue weighted by Gasteiger charge is -2.18. The summed E-state index contributed by atoms with van der Waals surface area (Å²) in [7, 11) is 0. The van der Waals surface area contributed by atoms with Gasteiger partial charge in [-0.3, -0.25) is 14.4 Å². The van der Waals surface area contributed by atoms with Crippen LogP contribution in [-0.2, 0) is 28.6 Å². The number of carbonyl (C=O) groups excluding carboxylic acids is 3. The summed E-state index contributed by atoms with van der Waals surface area (Å²) in [5.74, 6) is -0.987. The second-order valence-electron chi connectivity index (χ2n) is 22.0. The largest absolute Gasteiger partial charge is 0.462 e. The number of hydrogen-bond acceptors (Lipinski definition) is 6. The van der Waals surface area contributed by atoms with Gasteiger partial charge in [-0.2, -0.15) is 0 Å². The lowest BCUT2D eigenvalue weighted by Crippen LogP contribution is -2.30. The maximum atomic E-state index is 12.9. The SMILES string of the molecule is CC/C=C\C/C=C\C/C=C\C/C=C\C/C=C\C/C=C\C/C=C\CCCCCCCCCCCC(=O)OCC(COC(=O)CC/C=C\C/C=C\C/C=C\C/C=C\CC)OC(=O)CCCCCCCCCCCCCCCCCCCCC. The van der Waals surface area contributed by atoms with Crippen LogP contribution in [0.25, 0.3) is 0 Å². The van der Waals surface area contributed by atoms with E-state index in [4.69, 9.17) is 14.2 Å². The van der Waals surface area contributed by atoms with Gasteiger partial charge in [-0.05, 0) is 103 Å². The van der Waals surface area contributed by atoms with E-state index < -0.39 is 6.10 Å². The summed E-state index contributed by atoms with van der Waals surface area (Å²) in [5.41, 5.74) is 0. The van der Waals surface area contributed by atoms with Crippen LogP contribution in [0, 0.1) is 0 Å². The van der Waals surface area contributed by atoms with Crippen molar-refractivity contribution in [2.75, 3.05) is 13.2 Å². The van der Waals surface area contributed by atoms with Crippen LogP contribution in [0.2, 0.25) is 0 Å². The molecule has 0 saturated carbocycles. The topological polar surface area (TPSA) is 78.9 Å². The zero-order valence-corrected chi connectivity index (χ0v) is 52.8. The van der Waals surface area contributed by atoms with Crippen LogP contribution in [0.15, 0.2) is 134 Å². The second kappa shape index (κ2) is 68.1. The van der Waals surface area contributed by atoms with Gasteiger partial charge in [0.15, 0.2) is 6.10 Å². The molecule has 0 bridgehead atoms. The Labute approximate surface area is 500 Å². The first-order valence-electron chi connectivity index (χ1n) is 33.7. The van der Waals surface area contributed by atoms with Crippen molar-refractivity contribution in [3.05, 3.63) is 134 Å². The van der Waals surface area contributed by atoms with Crippen molar-refractivity contribution < 1.29 is 28.6 Å². The molecule has 6 nitrogen and oxygen atoms in total. The molecule has 0 aromatic carbocycles. The predicted octanol–water partition coefficient (Wildman–Crippen LogP) is 23.3. The van der Waals surface area contributed by atoms with Crippen LogP contribution in [0.5, 0.6) is 0 Å². The van der Waals surface area contributed by atoms with Crippen molar-refractivity contribution in [3.8, 4) is 0 Å². The lowest BCUT2D eigenvalue weighted by atomic mass is 10.0. The Kier molecular flexibility index (Phi) is 64.3. The summed E-state index contributed by atoms with van der Waals surface area (Å²) in [6.07, 6.45) is 96.3. The molecule has 6 heteroatoms. The number of carbonyl (C=O) groups is 3. The third-order valence-electron chi connectivity index (χ3n) is 14.2. The standard InChI is InChI=1S/C75H124O6/c1-4-7-10-13-16-19-22-25-27-29-31-32-33-34-35-36-37-38-39-40-41-42-44-45-47-50-53-56-59-62-65-68-74(77)80-71-72(70-79-73(76)67-64-61-58-55-52-49-24-21-18-15-12-9-6-3)81-75(78)69-66-63-60-57-54-51-48-46-43-30-28-26-23-20-17-14-11-8-5-2/h7,9-10,12,16,18-19,21,25,27,31-32,34-35,37-38,40-41,49,52,58,61,72H,4-6,8,11,13-15,17,20,22-24,26,28-30,33,36,39,42-48,50-51,53-57,59-60,62-71H2,1-3H3/b10-7-,12-9-,19-16-,21-18-,27-25-,32-31-,35-34-,38-37-,41-40-,52-49-,61-58-. The van der Waals surface area contributed by atoms with E-state index in [1.807, 2.05) is 6.08 Å². The molecule has 0 saturated heterocycles. The maximum absolute atomic E-state index is 12.9. The van der Waals surface area contributed by atoms with Crippen LogP contribution in [0.4, 0.5) is 0 Å². The van der Waals surface area contributed by atoms with Gasteiger partial charge in [0.2, 0.25) is 0 Å². The van der Waals surface area contributed by atoms with Gasteiger partial charge in [0.05, 0.1) is 0 Å². The normalized spacial score (nSPS) is 13.0. The summed E-state index contributed by atoms with van der Waals surface area (Å²) in [4.78, 5) is 38.3. The van der Waals surface area contributed by atoms with E-state index in [9.17, 15) is 14.4 Å². The molecule has 0 aromatic heterocycles. The smallest absolute Gasteiger partial charge is 0.306 e. The highest BCUT2D eigenvalue weighted by Crippen LogP contribution is 2.17.